The summed E-state index contributed by atoms with van der Waals surface area (Å²) in [5.41, 5.74) is 4.98. The van der Waals surface area contributed by atoms with E-state index in [1.807, 2.05) is 72.7 Å². The van der Waals surface area contributed by atoms with Crippen LogP contribution in [0.3, 0.4) is 0 Å². The van der Waals surface area contributed by atoms with Crippen LogP contribution in [0.15, 0.2) is 59.3 Å². The van der Waals surface area contributed by atoms with Crippen LogP contribution in [0.1, 0.15) is 114 Å². The largest absolute Gasteiger partial charge is 0.444 e. The Kier molecular flexibility index (Phi) is 10.6. The summed E-state index contributed by atoms with van der Waals surface area (Å²) in [6.07, 6.45) is 2.58. The number of ether oxygens (including phenoxy) is 2. The number of benzene rings is 2. The SMILES string of the molecule is Cc1cc(-c2nn(C(=O)OC(C)(C)C)c3ncc(-c4ccc(C5CCN(C(=O)OC(C)(C)C)CC5)cc4)cc23)ccc1CNC(=O)c1noc(C(C)(C)C)n1. The molecule has 6 rings (SSSR count). The number of nitrogens with zero attached hydrogens (tertiary/aromatic N) is 6. The van der Waals surface area contributed by atoms with Gasteiger partial charge in [0.05, 0.1) is 0 Å². The van der Waals surface area contributed by atoms with Gasteiger partial charge in [-0.3, -0.25) is 4.79 Å². The van der Waals surface area contributed by atoms with Gasteiger partial charge >= 0.3 is 12.2 Å². The number of fused-ring (bicyclic) bond motifs is 1. The quantitative estimate of drug-likeness (QED) is 0.179. The van der Waals surface area contributed by atoms with Crippen molar-refractivity contribution in [3.63, 3.8) is 0 Å². The van der Waals surface area contributed by atoms with Crippen LogP contribution in [-0.4, -0.2) is 72.2 Å². The molecule has 1 N–H and O–H groups in total. The van der Waals surface area contributed by atoms with Crippen molar-refractivity contribution in [3.05, 3.63) is 83.1 Å². The summed E-state index contributed by atoms with van der Waals surface area (Å²) in [6.45, 7) is 20.4. The Hall–Kier alpha value is -5.59. The molecule has 1 fully saturated rings. The lowest BCUT2D eigenvalue weighted by Crippen LogP contribution is -2.41. The number of pyridine rings is 1. The maximum Gasteiger partial charge on any atom is 0.437 e. The summed E-state index contributed by atoms with van der Waals surface area (Å²) < 4.78 is 17.8. The predicted octanol–water partition coefficient (Wildman–Crippen LogP) is 8.58. The molecule has 1 aliphatic heterocycles. The molecule has 290 valence electrons. The summed E-state index contributed by atoms with van der Waals surface area (Å²) in [5.74, 6) is 0.281. The molecule has 1 aliphatic rings. The van der Waals surface area contributed by atoms with Crippen molar-refractivity contribution in [1.82, 2.24) is 35.1 Å². The Bertz CT molecular complexity index is 2210. The number of rotatable bonds is 6. The van der Waals surface area contributed by atoms with Crippen molar-refractivity contribution in [2.75, 3.05) is 13.1 Å². The van der Waals surface area contributed by atoms with E-state index in [1.165, 1.54) is 10.2 Å². The zero-order valence-electron chi connectivity index (χ0n) is 33.4. The highest BCUT2D eigenvalue weighted by molar-refractivity contribution is 5.97. The first-order valence-electron chi connectivity index (χ1n) is 18.7. The molecule has 13 nitrogen and oxygen atoms in total. The molecule has 2 amide bonds. The summed E-state index contributed by atoms with van der Waals surface area (Å²) in [7, 11) is 0. The molecular weight excluding hydrogens is 699 g/mol. The van der Waals surface area contributed by atoms with Gasteiger partial charge in [-0.1, -0.05) is 62.3 Å². The van der Waals surface area contributed by atoms with Crippen molar-refractivity contribution < 1.29 is 28.4 Å². The van der Waals surface area contributed by atoms with E-state index in [1.54, 1.807) is 31.9 Å². The van der Waals surface area contributed by atoms with Crippen LogP contribution in [0.5, 0.6) is 0 Å². The van der Waals surface area contributed by atoms with Crippen LogP contribution in [0, 0.1) is 6.92 Å². The Balaban J connectivity index is 1.24. The number of hydrogen-bond acceptors (Lipinski definition) is 10. The van der Waals surface area contributed by atoms with Crippen molar-refractivity contribution in [1.29, 1.82) is 0 Å². The second-order valence-corrected chi connectivity index (χ2v) is 17.2. The molecule has 0 bridgehead atoms. The van der Waals surface area contributed by atoms with Crippen molar-refractivity contribution in [3.8, 4) is 22.4 Å². The lowest BCUT2D eigenvalue weighted by molar-refractivity contribution is 0.0204. The number of carbonyl (C=O) groups excluding carboxylic acids is 3. The van der Waals surface area contributed by atoms with Gasteiger partial charge in [-0.2, -0.15) is 10.1 Å². The number of likely N-dealkylation sites (tertiary alicyclic amines) is 1. The lowest BCUT2D eigenvalue weighted by Gasteiger charge is -2.33. The molecule has 0 aliphatic carbocycles. The van der Waals surface area contributed by atoms with Crippen molar-refractivity contribution in [2.24, 2.45) is 0 Å². The summed E-state index contributed by atoms with van der Waals surface area (Å²) in [5, 5.41) is 12.2. The first-order valence-corrected chi connectivity index (χ1v) is 18.7. The normalized spacial score (nSPS) is 14.3. The standard InChI is InChI=1S/C42H51N7O6/c1-25-21-29(15-16-30(25)23-44-36(50)34-45-37(55-47-34)40(2,3)4)33-32-22-31(24-43-35(32)49(46-33)39(52)54-42(8,9)10)27-13-11-26(12-14-27)28-17-19-48(20-18-28)38(51)53-41(5,6)7/h11-16,21-22,24,28H,17-20,23H2,1-10H3,(H,44,50). The number of nitrogens with one attached hydrogen (secondary N) is 1. The summed E-state index contributed by atoms with van der Waals surface area (Å²) in [4.78, 5) is 49.5. The zero-order valence-corrected chi connectivity index (χ0v) is 33.4. The van der Waals surface area contributed by atoms with Gasteiger partial charge in [0, 0.05) is 47.8 Å². The number of carbonyl (C=O) groups is 3. The Labute approximate surface area is 321 Å². The van der Waals surface area contributed by atoms with E-state index in [2.05, 4.69) is 39.7 Å². The van der Waals surface area contributed by atoms with E-state index in [0.29, 0.717) is 41.6 Å². The van der Waals surface area contributed by atoms with Gasteiger partial charge in [0.25, 0.3) is 11.7 Å². The molecular formula is C42H51N7O6. The van der Waals surface area contributed by atoms with Crippen LogP contribution < -0.4 is 5.32 Å². The average Bonchev–Trinajstić information content (AvgIpc) is 3.76. The van der Waals surface area contributed by atoms with Crippen LogP contribution in [0.25, 0.3) is 33.4 Å². The van der Waals surface area contributed by atoms with Gasteiger partial charge in [0.15, 0.2) is 5.65 Å². The molecule has 2 aromatic carbocycles. The highest BCUT2D eigenvalue weighted by Gasteiger charge is 2.29. The highest BCUT2D eigenvalue weighted by atomic mass is 16.6. The van der Waals surface area contributed by atoms with Crippen LogP contribution in [0.4, 0.5) is 9.59 Å². The molecule has 5 aromatic rings. The first kappa shape index (κ1) is 39.1. The van der Waals surface area contributed by atoms with Crippen molar-refractivity contribution in [2.45, 2.75) is 111 Å². The minimum Gasteiger partial charge on any atom is -0.444 e. The molecule has 0 radical (unpaired) electrons. The lowest BCUT2D eigenvalue weighted by atomic mass is 9.88. The average molecular weight is 750 g/mol. The molecule has 0 saturated carbocycles. The number of amides is 2. The Morgan fingerprint density at radius 2 is 1.47 bits per heavy atom. The number of hydrogen-bond donors (Lipinski definition) is 1. The van der Waals surface area contributed by atoms with E-state index in [-0.39, 0.29) is 23.9 Å². The maximum atomic E-state index is 13.4. The van der Waals surface area contributed by atoms with E-state index >= 15 is 0 Å². The van der Waals surface area contributed by atoms with Gasteiger partial charge in [-0.15, -0.1) is 4.68 Å². The van der Waals surface area contributed by atoms with Gasteiger partial charge in [0.2, 0.25) is 5.89 Å². The van der Waals surface area contributed by atoms with Gasteiger partial charge in [-0.25, -0.2) is 14.6 Å². The molecule has 0 spiro atoms. The minimum atomic E-state index is -0.734. The van der Waals surface area contributed by atoms with Gasteiger partial charge in [0.1, 0.15) is 16.9 Å². The fourth-order valence-corrected chi connectivity index (χ4v) is 6.39. The topological polar surface area (TPSA) is 155 Å². The first-order chi connectivity index (χ1) is 25.8. The second kappa shape index (κ2) is 14.9. The van der Waals surface area contributed by atoms with Crippen molar-refractivity contribution >= 4 is 29.1 Å². The number of aromatic nitrogens is 5. The summed E-state index contributed by atoms with van der Waals surface area (Å²) >= 11 is 0. The number of aryl methyl sites for hydroxylation is 1. The molecule has 0 atom stereocenters. The Morgan fingerprint density at radius 3 is 2.07 bits per heavy atom. The maximum absolute atomic E-state index is 13.4. The van der Waals surface area contributed by atoms with Crippen LogP contribution in [-0.2, 0) is 21.4 Å². The highest BCUT2D eigenvalue weighted by Crippen LogP contribution is 2.34. The monoisotopic (exact) mass is 749 g/mol. The smallest absolute Gasteiger partial charge is 0.437 e. The van der Waals surface area contributed by atoms with E-state index in [0.717, 1.165) is 40.7 Å². The predicted molar refractivity (Wildman–Crippen MR) is 209 cm³/mol. The third kappa shape index (κ3) is 9.21. The molecule has 0 unspecified atom stereocenters. The molecule has 4 heterocycles. The molecule has 1 saturated heterocycles. The minimum absolute atomic E-state index is 0.0167. The summed E-state index contributed by atoms with van der Waals surface area (Å²) in [6, 6.07) is 16.3. The van der Waals surface area contributed by atoms with E-state index in [9.17, 15) is 14.4 Å². The van der Waals surface area contributed by atoms with E-state index < -0.39 is 23.2 Å². The fraction of sp³-hybridized carbons (Fsp3) is 0.452. The van der Waals surface area contributed by atoms with Crippen LogP contribution in [0.2, 0.25) is 0 Å². The molecule has 3 aromatic heterocycles. The fourth-order valence-electron chi connectivity index (χ4n) is 6.39. The van der Waals surface area contributed by atoms with Gasteiger partial charge < -0.3 is 24.2 Å². The van der Waals surface area contributed by atoms with Gasteiger partial charge in [-0.05, 0) is 102 Å². The second-order valence-electron chi connectivity index (χ2n) is 17.2. The molecule has 55 heavy (non-hydrogen) atoms. The molecule has 13 heteroatoms. The zero-order chi connectivity index (χ0) is 39.9. The number of piperidine rings is 1. The van der Waals surface area contributed by atoms with E-state index in [4.69, 9.17) is 24.1 Å². The third-order valence-corrected chi connectivity index (χ3v) is 9.28. The third-order valence-electron chi connectivity index (χ3n) is 9.28. The van der Waals surface area contributed by atoms with Crippen LogP contribution >= 0.6 is 0 Å². The Morgan fingerprint density at radius 1 is 0.836 bits per heavy atom.